The van der Waals surface area contributed by atoms with Crippen molar-refractivity contribution in [1.82, 2.24) is 25.0 Å². The molecular formula is C43H61N9O5. The van der Waals surface area contributed by atoms with Crippen molar-refractivity contribution in [3.63, 3.8) is 0 Å². The fourth-order valence-electron chi connectivity index (χ4n) is 6.85. The number of piperidine rings is 1. The Morgan fingerprint density at radius 2 is 1.75 bits per heavy atom. The number of carboxylic acid groups (broad SMARTS) is 1. The topological polar surface area (TPSA) is 194 Å². The van der Waals surface area contributed by atoms with Gasteiger partial charge in [0.15, 0.2) is 0 Å². The van der Waals surface area contributed by atoms with E-state index >= 15 is 0 Å². The average Bonchev–Trinajstić information content (AvgIpc) is 3.18. The molecule has 1 aliphatic heterocycles. The van der Waals surface area contributed by atoms with Crippen LogP contribution in [0.4, 0.5) is 10.5 Å². The van der Waals surface area contributed by atoms with Gasteiger partial charge in [0, 0.05) is 42.4 Å². The quantitative estimate of drug-likeness (QED) is 0.0685. The fourth-order valence-corrected chi connectivity index (χ4v) is 6.85. The van der Waals surface area contributed by atoms with Crippen LogP contribution in [0.2, 0.25) is 0 Å². The number of carbonyl (C=O) groups is 2. The van der Waals surface area contributed by atoms with E-state index in [1.165, 1.54) is 0 Å². The fraction of sp³-hybridized carbons (Fsp3) is 0.465. The zero-order valence-electron chi connectivity index (χ0n) is 34.3. The number of fused-ring (bicyclic) bond motifs is 1. The Balaban J connectivity index is 0.00000232. The molecule has 0 spiro atoms. The lowest BCUT2D eigenvalue weighted by Gasteiger charge is -2.36. The maximum absolute atomic E-state index is 13.7. The normalized spacial score (nSPS) is 18.4. The Kier molecular flexibility index (Phi) is 16.3. The van der Waals surface area contributed by atoms with E-state index in [4.69, 9.17) is 40.9 Å². The molecule has 2 amide bonds. The van der Waals surface area contributed by atoms with E-state index in [2.05, 4.69) is 41.2 Å². The summed E-state index contributed by atoms with van der Waals surface area (Å²) in [6.07, 6.45) is 7.74. The van der Waals surface area contributed by atoms with E-state index in [0.717, 1.165) is 56.6 Å². The molecule has 1 aliphatic carbocycles. The Morgan fingerprint density at radius 1 is 1.04 bits per heavy atom. The van der Waals surface area contributed by atoms with Gasteiger partial charge in [-0.05, 0) is 87.5 Å². The maximum atomic E-state index is 13.7. The molecule has 14 heteroatoms. The molecule has 1 aromatic heterocycles. The first-order valence-corrected chi connectivity index (χ1v) is 19.8. The summed E-state index contributed by atoms with van der Waals surface area (Å²) in [5.41, 5.74) is 9.54. The molecule has 7 N–H and O–H groups in total. The first-order valence-electron chi connectivity index (χ1n) is 19.8. The molecule has 57 heavy (non-hydrogen) atoms. The van der Waals surface area contributed by atoms with Crippen LogP contribution in [0, 0.1) is 16.2 Å². The Labute approximate surface area is 336 Å². The van der Waals surface area contributed by atoms with Crippen LogP contribution in [0.5, 0.6) is 11.5 Å². The highest BCUT2D eigenvalue weighted by molar-refractivity contribution is 6.05. The number of benzene rings is 2. The van der Waals surface area contributed by atoms with Gasteiger partial charge in [-0.25, -0.2) is 9.79 Å². The number of carbonyl (C=O) groups excluding carboxylic acids is 1. The number of pyridine rings is 1. The summed E-state index contributed by atoms with van der Waals surface area (Å²) in [7, 11) is 0. The van der Waals surface area contributed by atoms with Gasteiger partial charge in [-0.2, -0.15) is 0 Å². The number of amidine groups is 1. The molecule has 2 aromatic carbocycles. The molecule has 5 rings (SSSR count). The molecular weight excluding hydrogens is 723 g/mol. The van der Waals surface area contributed by atoms with E-state index in [0.29, 0.717) is 54.1 Å². The van der Waals surface area contributed by atoms with E-state index < -0.39 is 6.03 Å². The molecule has 0 unspecified atom stereocenters. The van der Waals surface area contributed by atoms with E-state index in [1.807, 2.05) is 69.3 Å². The van der Waals surface area contributed by atoms with Crippen molar-refractivity contribution in [2.75, 3.05) is 32.8 Å². The van der Waals surface area contributed by atoms with Crippen molar-refractivity contribution < 1.29 is 24.2 Å². The maximum Gasteiger partial charge on any atom is 0.320 e. The van der Waals surface area contributed by atoms with E-state index in [1.54, 1.807) is 29.0 Å². The van der Waals surface area contributed by atoms with Gasteiger partial charge in [0.25, 0.3) is 6.47 Å². The van der Waals surface area contributed by atoms with Crippen LogP contribution in [0.1, 0.15) is 96.9 Å². The smallest absolute Gasteiger partial charge is 0.320 e. The highest BCUT2D eigenvalue weighted by atomic mass is 16.5. The molecule has 0 bridgehead atoms. The van der Waals surface area contributed by atoms with Gasteiger partial charge in [-0.3, -0.25) is 25.5 Å². The number of ether oxygens (including phenoxy) is 2. The monoisotopic (exact) mass is 783 g/mol. The summed E-state index contributed by atoms with van der Waals surface area (Å²) in [6.45, 7) is 16.3. The summed E-state index contributed by atoms with van der Waals surface area (Å²) in [6, 6.07) is 18.6. The second-order valence-electron chi connectivity index (χ2n) is 15.3. The number of hydrogen-bond donors (Lipinski definition) is 6. The van der Waals surface area contributed by atoms with Crippen LogP contribution in [-0.4, -0.2) is 82.6 Å². The van der Waals surface area contributed by atoms with Gasteiger partial charge in [0.05, 0.1) is 17.9 Å². The summed E-state index contributed by atoms with van der Waals surface area (Å²) >= 11 is 0. The number of rotatable bonds is 11. The molecule has 308 valence electrons. The number of nitrogens with zero attached hydrogens (tertiary/aromatic N) is 4. The second kappa shape index (κ2) is 21.1. The zero-order valence-corrected chi connectivity index (χ0v) is 34.3. The number of allylic oxidation sites excluding steroid dienone is 1. The summed E-state index contributed by atoms with van der Waals surface area (Å²) in [5, 5.41) is 30.4. The van der Waals surface area contributed by atoms with E-state index in [9.17, 15) is 4.79 Å². The third-order valence-electron chi connectivity index (χ3n) is 10.3. The molecule has 3 atom stereocenters. The first-order chi connectivity index (χ1) is 27.3. The number of nitrogens with one attached hydrogen (secondary N) is 4. The number of hydrogen-bond acceptors (Lipinski definition) is 9. The van der Waals surface area contributed by atoms with Crippen molar-refractivity contribution in [1.29, 1.82) is 10.8 Å². The minimum atomic E-state index is -0.393. The number of aliphatic imine (C=N–C) groups is 1. The molecule has 0 saturated carbocycles. The van der Waals surface area contributed by atoms with Crippen molar-refractivity contribution in [2.45, 2.75) is 91.8 Å². The number of amides is 2. The lowest BCUT2D eigenvalue weighted by Crippen LogP contribution is -2.47. The van der Waals surface area contributed by atoms with Crippen molar-refractivity contribution in [2.24, 2.45) is 16.1 Å². The van der Waals surface area contributed by atoms with Gasteiger partial charge < -0.3 is 35.4 Å². The van der Waals surface area contributed by atoms with Crippen LogP contribution in [0.3, 0.4) is 0 Å². The van der Waals surface area contributed by atoms with Crippen LogP contribution < -0.4 is 31.3 Å². The molecule has 2 aliphatic rings. The zero-order chi connectivity index (χ0) is 41.5. The van der Waals surface area contributed by atoms with Gasteiger partial charge in [0.1, 0.15) is 35.5 Å². The third kappa shape index (κ3) is 12.7. The predicted molar refractivity (Wildman–Crippen MR) is 224 cm³/mol. The van der Waals surface area contributed by atoms with Gasteiger partial charge >= 0.3 is 6.03 Å². The lowest BCUT2D eigenvalue weighted by molar-refractivity contribution is -0.122. The standard InChI is InChI=1S/C42H59N9O3.CH2O2/c1-7-49(8-2)24-25-53-31-16-13-15-30(26-31)46-39(27-37(43)42(4,5)6)48-41(52)47-35-20-21-36(34-18-10-9-17-33(34)35)54-32-19-22-38(44)51(28-32)40(45)50-23-12-11-14-29(50)3;2-1-3/h9-10,13,15-19,22,26-29,35-36,44-45H,7-8,11-12,14,20-21,23-25,43H2,1-6H3,(H2,46,47,48,52);1H,(H,2,3)/b37-27-,44-38?,45-40?;/t29-,35-,36+;/m0./s1. The minimum Gasteiger partial charge on any atom is -0.492 e. The Morgan fingerprint density at radius 3 is 2.44 bits per heavy atom. The number of urea groups is 1. The largest absolute Gasteiger partial charge is 0.492 e. The predicted octanol–water partition coefficient (Wildman–Crippen LogP) is 6.92. The molecule has 2 heterocycles. The summed E-state index contributed by atoms with van der Waals surface area (Å²) in [5.74, 6) is 1.91. The molecule has 0 radical (unpaired) electrons. The highest BCUT2D eigenvalue weighted by Crippen LogP contribution is 2.38. The van der Waals surface area contributed by atoms with Crippen molar-refractivity contribution in [3.05, 3.63) is 95.2 Å². The van der Waals surface area contributed by atoms with Crippen molar-refractivity contribution >= 4 is 30.0 Å². The van der Waals surface area contributed by atoms with Crippen LogP contribution in [0.25, 0.3) is 0 Å². The number of aromatic nitrogens is 1. The number of likely N-dealkylation sites (N-methyl/N-ethyl adjacent to an activating group) is 1. The number of likely N-dealkylation sites (tertiary alicyclic amines) is 1. The van der Waals surface area contributed by atoms with Crippen molar-refractivity contribution in [3.8, 4) is 11.5 Å². The Bertz CT molecular complexity index is 1930. The summed E-state index contributed by atoms with van der Waals surface area (Å²) in [4.78, 5) is 31.2. The summed E-state index contributed by atoms with van der Waals surface area (Å²) < 4.78 is 14.2. The highest BCUT2D eigenvalue weighted by Gasteiger charge is 2.30. The van der Waals surface area contributed by atoms with Crippen LogP contribution in [-0.2, 0) is 4.79 Å². The molecule has 1 saturated heterocycles. The molecule has 3 aromatic rings. The molecule has 1 fully saturated rings. The SMILES string of the molecule is CCN(CC)CCOc1cccc(N=C(/C=C(\N)C(C)(C)C)NC(=O)N[C@H]2CC[C@@H](Oc3ccc(=N)n(C(=N)N4CCCC[C@@H]4C)c3)c3ccccc32)c1.O=CO. The number of nitrogens with two attached hydrogens (primary N) is 1. The first kappa shape index (κ1) is 44.1. The average molecular weight is 784 g/mol. The van der Waals surface area contributed by atoms with Crippen LogP contribution >= 0.6 is 0 Å². The van der Waals surface area contributed by atoms with Gasteiger partial charge in [-0.1, -0.05) is 65.0 Å². The van der Waals surface area contributed by atoms with E-state index in [-0.39, 0.29) is 35.6 Å². The lowest BCUT2D eigenvalue weighted by atomic mass is 9.85. The van der Waals surface area contributed by atoms with Gasteiger partial charge in [0.2, 0.25) is 5.96 Å². The van der Waals surface area contributed by atoms with Crippen LogP contribution in [0.15, 0.2) is 83.6 Å². The second-order valence-corrected chi connectivity index (χ2v) is 15.3. The molecule has 14 nitrogen and oxygen atoms in total. The Hall–Kier alpha value is -5.63. The van der Waals surface area contributed by atoms with Gasteiger partial charge in [-0.15, -0.1) is 0 Å². The minimum absolute atomic E-state index is 0.235. The third-order valence-corrected chi connectivity index (χ3v) is 10.3.